The number of thiol groups is 1. The summed E-state index contributed by atoms with van der Waals surface area (Å²) in [6.45, 7) is 0. The molecular weight excluding hydrogens is 178 g/mol. The lowest BCUT2D eigenvalue weighted by Gasteiger charge is -1.97. The van der Waals surface area contributed by atoms with E-state index in [1.54, 1.807) is 0 Å². The molecule has 0 aliphatic heterocycles. The monoisotopic (exact) mass is 180 g/mol. The summed E-state index contributed by atoms with van der Waals surface area (Å²) in [5.41, 5.74) is 0. The smallest absolute Gasteiger partial charge is 0.158 e. The summed E-state index contributed by atoms with van der Waals surface area (Å²) in [5, 5.41) is -0.507. The van der Waals surface area contributed by atoms with Crippen LogP contribution in [0.4, 0.5) is 8.78 Å². The summed E-state index contributed by atoms with van der Waals surface area (Å²) < 4.78 is 24.9. The molecule has 4 heteroatoms. The molecule has 0 unspecified atom stereocenters. The predicted molar refractivity (Wildman–Crippen MR) is 38.6 cm³/mol. The second kappa shape index (κ2) is 2.76. The Morgan fingerprint density at radius 1 is 1.30 bits per heavy atom. The van der Waals surface area contributed by atoms with Crippen molar-refractivity contribution in [2.75, 3.05) is 0 Å². The van der Waals surface area contributed by atoms with Crippen molar-refractivity contribution in [3.8, 4) is 0 Å². The van der Waals surface area contributed by atoms with Gasteiger partial charge in [-0.2, -0.15) is 0 Å². The minimum Gasteiger partial charge on any atom is -0.205 e. The minimum absolute atomic E-state index is 0.0476. The van der Waals surface area contributed by atoms with Crippen LogP contribution >= 0.6 is 24.2 Å². The first kappa shape index (κ1) is 7.82. The molecule has 0 saturated carbocycles. The lowest BCUT2D eigenvalue weighted by atomic mass is 10.3. The SMILES string of the molecule is Fc1ccc(S)c(F)c1Cl. The molecule has 0 radical (unpaired) electrons. The number of rotatable bonds is 0. The fourth-order valence-electron chi connectivity index (χ4n) is 0.516. The zero-order chi connectivity index (χ0) is 7.72. The molecule has 0 spiro atoms. The summed E-state index contributed by atoms with van der Waals surface area (Å²) in [6, 6.07) is 2.27. The first-order chi connectivity index (χ1) is 4.63. The lowest BCUT2D eigenvalue weighted by molar-refractivity contribution is 0.567. The van der Waals surface area contributed by atoms with Gasteiger partial charge in [0.25, 0.3) is 0 Å². The highest BCUT2D eigenvalue weighted by molar-refractivity contribution is 7.80. The van der Waals surface area contributed by atoms with Gasteiger partial charge < -0.3 is 0 Å². The van der Waals surface area contributed by atoms with Crippen molar-refractivity contribution >= 4 is 24.2 Å². The normalized spacial score (nSPS) is 10.0. The molecule has 1 rings (SSSR count). The number of hydrogen-bond acceptors (Lipinski definition) is 1. The van der Waals surface area contributed by atoms with Crippen molar-refractivity contribution in [1.82, 2.24) is 0 Å². The van der Waals surface area contributed by atoms with Gasteiger partial charge in [-0.3, -0.25) is 0 Å². The molecule has 0 heterocycles. The largest absolute Gasteiger partial charge is 0.205 e. The average Bonchev–Trinajstić information content (AvgIpc) is 1.93. The van der Waals surface area contributed by atoms with Crippen LogP contribution in [0, 0.1) is 11.6 Å². The van der Waals surface area contributed by atoms with E-state index < -0.39 is 16.7 Å². The molecule has 0 aliphatic rings. The van der Waals surface area contributed by atoms with Gasteiger partial charge in [0.15, 0.2) is 5.82 Å². The summed E-state index contributed by atoms with van der Waals surface area (Å²) in [6.07, 6.45) is 0. The van der Waals surface area contributed by atoms with Gasteiger partial charge in [0.1, 0.15) is 10.8 Å². The zero-order valence-corrected chi connectivity index (χ0v) is 6.39. The molecule has 1 aromatic rings. The maximum atomic E-state index is 12.5. The van der Waals surface area contributed by atoms with Crippen LogP contribution in [-0.4, -0.2) is 0 Å². The Hall–Kier alpha value is -0.280. The Morgan fingerprint density at radius 3 is 2.40 bits per heavy atom. The summed E-state index contributed by atoms with van der Waals surface area (Å²) in [4.78, 5) is 0.0476. The van der Waals surface area contributed by atoms with Crippen LogP contribution in [0.2, 0.25) is 5.02 Å². The summed E-state index contributed by atoms with van der Waals surface area (Å²) >= 11 is 8.87. The molecule has 0 aromatic heterocycles. The van der Waals surface area contributed by atoms with Crippen LogP contribution in [0.5, 0.6) is 0 Å². The molecule has 1 aromatic carbocycles. The molecule has 0 amide bonds. The fourth-order valence-corrected chi connectivity index (χ4v) is 0.933. The fraction of sp³-hybridized carbons (Fsp3) is 0. The molecule has 0 nitrogen and oxygen atoms in total. The van der Waals surface area contributed by atoms with Gasteiger partial charge in [-0.15, -0.1) is 12.6 Å². The second-order valence-electron chi connectivity index (χ2n) is 1.69. The standard InChI is InChI=1S/C6H3ClF2S/c7-5-3(8)1-2-4(10)6(5)9/h1-2,10H. The van der Waals surface area contributed by atoms with E-state index in [1.165, 1.54) is 6.07 Å². The number of benzene rings is 1. The van der Waals surface area contributed by atoms with Crippen LogP contribution in [0.3, 0.4) is 0 Å². The average molecular weight is 181 g/mol. The van der Waals surface area contributed by atoms with E-state index in [-0.39, 0.29) is 4.90 Å². The Balaban J connectivity index is 3.34. The van der Waals surface area contributed by atoms with E-state index in [4.69, 9.17) is 11.6 Å². The van der Waals surface area contributed by atoms with Crippen LogP contribution in [-0.2, 0) is 0 Å². The van der Waals surface area contributed by atoms with Gasteiger partial charge in [0.2, 0.25) is 0 Å². The molecule has 10 heavy (non-hydrogen) atoms. The van der Waals surface area contributed by atoms with Crippen LogP contribution < -0.4 is 0 Å². The van der Waals surface area contributed by atoms with E-state index >= 15 is 0 Å². The van der Waals surface area contributed by atoms with Crippen LogP contribution in [0.15, 0.2) is 17.0 Å². The Bertz CT molecular complexity index is 235. The third kappa shape index (κ3) is 1.25. The van der Waals surface area contributed by atoms with Gasteiger partial charge in [0.05, 0.1) is 0 Å². The minimum atomic E-state index is -0.815. The van der Waals surface area contributed by atoms with Crippen molar-refractivity contribution in [2.45, 2.75) is 4.90 Å². The Kier molecular flexibility index (Phi) is 2.16. The third-order valence-electron chi connectivity index (χ3n) is 1.01. The zero-order valence-electron chi connectivity index (χ0n) is 4.74. The van der Waals surface area contributed by atoms with Gasteiger partial charge in [-0.1, -0.05) is 11.6 Å². The molecule has 0 bridgehead atoms. The Morgan fingerprint density at radius 2 is 1.90 bits per heavy atom. The van der Waals surface area contributed by atoms with E-state index in [0.29, 0.717) is 0 Å². The van der Waals surface area contributed by atoms with Gasteiger partial charge in [0, 0.05) is 4.90 Å². The van der Waals surface area contributed by atoms with Gasteiger partial charge in [-0.05, 0) is 12.1 Å². The predicted octanol–water partition coefficient (Wildman–Crippen LogP) is 2.91. The van der Waals surface area contributed by atoms with Gasteiger partial charge >= 0.3 is 0 Å². The van der Waals surface area contributed by atoms with Crippen molar-refractivity contribution < 1.29 is 8.78 Å². The molecule has 0 N–H and O–H groups in total. The quantitative estimate of drug-likeness (QED) is 0.461. The molecule has 0 fully saturated rings. The highest BCUT2D eigenvalue weighted by Crippen LogP contribution is 2.23. The van der Waals surface area contributed by atoms with E-state index in [9.17, 15) is 8.78 Å². The van der Waals surface area contributed by atoms with Crippen molar-refractivity contribution in [2.24, 2.45) is 0 Å². The first-order valence-electron chi connectivity index (χ1n) is 2.45. The lowest BCUT2D eigenvalue weighted by Crippen LogP contribution is -1.83. The van der Waals surface area contributed by atoms with Crippen molar-refractivity contribution in [3.63, 3.8) is 0 Å². The molecule has 0 atom stereocenters. The van der Waals surface area contributed by atoms with Crippen molar-refractivity contribution in [3.05, 3.63) is 28.8 Å². The van der Waals surface area contributed by atoms with E-state index in [1.807, 2.05) is 0 Å². The second-order valence-corrected chi connectivity index (χ2v) is 2.55. The third-order valence-corrected chi connectivity index (χ3v) is 1.71. The first-order valence-corrected chi connectivity index (χ1v) is 3.28. The number of halogens is 3. The highest BCUT2D eigenvalue weighted by atomic mass is 35.5. The van der Waals surface area contributed by atoms with Crippen LogP contribution in [0.25, 0.3) is 0 Å². The maximum Gasteiger partial charge on any atom is 0.158 e. The van der Waals surface area contributed by atoms with Crippen molar-refractivity contribution in [1.29, 1.82) is 0 Å². The molecular formula is C6H3ClF2S. The topological polar surface area (TPSA) is 0 Å². The summed E-state index contributed by atoms with van der Waals surface area (Å²) in [7, 11) is 0. The van der Waals surface area contributed by atoms with Gasteiger partial charge in [-0.25, -0.2) is 8.78 Å². The molecule has 0 saturated heterocycles. The van der Waals surface area contributed by atoms with E-state index in [2.05, 4.69) is 12.6 Å². The summed E-state index contributed by atoms with van der Waals surface area (Å²) in [5.74, 6) is -1.58. The van der Waals surface area contributed by atoms with Crippen LogP contribution in [0.1, 0.15) is 0 Å². The molecule has 54 valence electrons. The van der Waals surface area contributed by atoms with E-state index in [0.717, 1.165) is 6.07 Å². The Labute approximate surface area is 67.2 Å². The maximum absolute atomic E-state index is 12.5. The highest BCUT2D eigenvalue weighted by Gasteiger charge is 2.07. The molecule has 0 aliphatic carbocycles. The number of hydrogen-bond donors (Lipinski definition) is 1.